The monoisotopic (exact) mass is 564 g/mol. The summed E-state index contributed by atoms with van der Waals surface area (Å²) in [4.78, 5) is 61.8. The number of carbonyl (C=O) groups is 5. The predicted octanol–water partition coefficient (Wildman–Crippen LogP) is 1.32. The van der Waals surface area contributed by atoms with Gasteiger partial charge in [0, 0.05) is 33.6 Å². The first-order valence-corrected chi connectivity index (χ1v) is 13.3. The van der Waals surface area contributed by atoms with E-state index in [1.54, 1.807) is 19.1 Å². The predicted molar refractivity (Wildman–Crippen MR) is 134 cm³/mol. The highest BCUT2D eigenvalue weighted by Gasteiger charge is 2.74. The van der Waals surface area contributed by atoms with Crippen LogP contribution in [0.5, 0.6) is 0 Å². The van der Waals surface area contributed by atoms with Gasteiger partial charge >= 0.3 is 29.8 Å². The maximum atomic E-state index is 13.0. The van der Waals surface area contributed by atoms with Crippen molar-refractivity contribution in [1.82, 2.24) is 0 Å². The number of carbonyl (C=O) groups excluding carboxylic acids is 5. The van der Waals surface area contributed by atoms with Crippen LogP contribution >= 0.6 is 0 Å². The Balaban J connectivity index is 2.02. The molecular formula is C28H36O12. The quantitative estimate of drug-likeness (QED) is 0.290. The van der Waals surface area contributed by atoms with E-state index in [4.69, 9.17) is 28.4 Å². The van der Waals surface area contributed by atoms with Gasteiger partial charge in [0.05, 0.1) is 23.5 Å². The van der Waals surface area contributed by atoms with Crippen LogP contribution < -0.4 is 0 Å². The van der Waals surface area contributed by atoms with E-state index in [9.17, 15) is 29.1 Å². The minimum Gasteiger partial charge on any atom is -0.462 e. The molecular weight excluding hydrogens is 528 g/mol. The zero-order valence-electron chi connectivity index (χ0n) is 23.5. The number of hydrogen-bond acceptors (Lipinski definition) is 12. The minimum atomic E-state index is -2.13. The summed E-state index contributed by atoms with van der Waals surface area (Å²) in [5.74, 6) is -5.35. The first-order valence-electron chi connectivity index (χ1n) is 13.3. The fourth-order valence-corrected chi connectivity index (χ4v) is 6.61. The molecule has 12 heteroatoms. The van der Waals surface area contributed by atoms with Crippen LogP contribution in [-0.2, 0) is 52.4 Å². The third-order valence-electron chi connectivity index (χ3n) is 8.58. The zero-order chi connectivity index (χ0) is 29.6. The first-order chi connectivity index (χ1) is 18.6. The van der Waals surface area contributed by atoms with Gasteiger partial charge in [-0.3, -0.25) is 24.0 Å². The van der Waals surface area contributed by atoms with Gasteiger partial charge in [-0.2, -0.15) is 0 Å². The molecule has 1 spiro atoms. The van der Waals surface area contributed by atoms with Gasteiger partial charge in [0.2, 0.25) is 0 Å². The van der Waals surface area contributed by atoms with Crippen LogP contribution in [-0.4, -0.2) is 83.8 Å². The second-order valence-electron chi connectivity index (χ2n) is 11.2. The van der Waals surface area contributed by atoms with Crippen LogP contribution in [0.3, 0.4) is 0 Å². The Morgan fingerprint density at radius 3 is 2.20 bits per heavy atom. The Hall–Kier alpha value is -3.25. The van der Waals surface area contributed by atoms with Gasteiger partial charge in [-0.15, -0.1) is 0 Å². The van der Waals surface area contributed by atoms with Crippen molar-refractivity contribution in [3.8, 4) is 0 Å². The maximum Gasteiger partial charge on any atom is 0.312 e. The molecule has 0 aromatic rings. The largest absolute Gasteiger partial charge is 0.462 e. The molecule has 220 valence electrons. The Morgan fingerprint density at radius 1 is 1.02 bits per heavy atom. The van der Waals surface area contributed by atoms with Crippen LogP contribution in [0.25, 0.3) is 0 Å². The summed E-state index contributed by atoms with van der Waals surface area (Å²) >= 11 is 0. The third-order valence-corrected chi connectivity index (χ3v) is 8.58. The summed E-state index contributed by atoms with van der Waals surface area (Å²) in [5, 5.41) is 12.5. The molecule has 3 fully saturated rings. The highest BCUT2D eigenvalue weighted by atomic mass is 16.6. The van der Waals surface area contributed by atoms with E-state index in [-0.39, 0.29) is 13.2 Å². The lowest BCUT2D eigenvalue weighted by Crippen LogP contribution is -2.69. The summed E-state index contributed by atoms with van der Waals surface area (Å²) in [6.45, 7) is 8.06. The number of rotatable bonds is 5. The highest BCUT2D eigenvalue weighted by molar-refractivity contribution is 5.78. The van der Waals surface area contributed by atoms with E-state index in [0.717, 1.165) is 0 Å². The number of aliphatic hydroxyl groups is 1. The van der Waals surface area contributed by atoms with Crippen molar-refractivity contribution in [2.75, 3.05) is 13.2 Å². The zero-order valence-corrected chi connectivity index (χ0v) is 23.5. The molecule has 0 amide bonds. The first kappa shape index (κ1) is 29.7. The molecule has 40 heavy (non-hydrogen) atoms. The van der Waals surface area contributed by atoms with Crippen LogP contribution in [0.1, 0.15) is 54.4 Å². The Labute approximate surface area is 231 Å². The van der Waals surface area contributed by atoms with Gasteiger partial charge in [-0.05, 0) is 37.5 Å². The van der Waals surface area contributed by atoms with E-state index in [1.807, 2.05) is 0 Å². The van der Waals surface area contributed by atoms with E-state index >= 15 is 0 Å². The Kier molecular flexibility index (Phi) is 7.89. The van der Waals surface area contributed by atoms with Crippen molar-refractivity contribution in [2.45, 2.75) is 90.0 Å². The fourth-order valence-electron chi connectivity index (χ4n) is 6.61. The van der Waals surface area contributed by atoms with E-state index in [2.05, 4.69) is 0 Å². The van der Waals surface area contributed by atoms with E-state index in [1.165, 1.54) is 40.7 Å². The van der Waals surface area contributed by atoms with Gasteiger partial charge in [0.1, 0.15) is 24.9 Å². The second kappa shape index (κ2) is 10.6. The molecule has 2 saturated heterocycles. The van der Waals surface area contributed by atoms with Gasteiger partial charge < -0.3 is 33.5 Å². The standard InChI is InChI=1S/C28H36O12/c1-14-25(33)40-22-11-19(12-35-15(2)29)7-8-20(37-16(3)30)26(6)21(38-17(4)31)9-10-27(13-36-27)23(26)24(28(14,22)34)39-18(5)32/h7-8,11,14,20-24,34H,9-10,12-13H2,1-6H3/b8-7-,19-11+/t14-,20-,21-,22-,23+,24-,26-,27-,28-/m0/s1. The summed E-state index contributed by atoms with van der Waals surface area (Å²) in [6.07, 6.45) is 0.550. The van der Waals surface area contributed by atoms with E-state index in [0.29, 0.717) is 18.4 Å². The average Bonchev–Trinajstić information content (AvgIpc) is 3.58. The molecule has 1 N–H and O–H groups in total. The fraction of sp³-hybridized carbons (Fsp3) is 0.679. The molecule has 2 aliphatic carbocycles. The number of fused-ring (bicyclic) bond motifs is 3. The number of esters is 5. The Morgan fingerprint density at radius 2 is 1.65 bits per heavy atom. The maximum absolute atomic E-state index is 13.0. The van der Waals surface area contributed by atoms with Gasteiger partial charge in [0.25, 0.3) is 0 Å². The van der Waals surface area contributed by atoms with Crippen molar-refractivity contribution in [3.63, 3.8) is 0 Å². The average molecular weight is 565 g/mol. The summed E-state index contributed by atoms with van der Waals surface area (Å²) < 4.78 is 34.3. The van der Waals surface area contributed by atoms with Gasteiger partial charge in [-0.1, -0.05) is 13.0 Å². The molecule has 4 rings (SSSR count). The van der Waals surface area contributed by atoms with Crippen molar-refractivity contribution < 1.29 is 57.5 Å². The van der Waals surface area contributed by atoms with Crippen molar-refractivity contribution >= 4 is 29.8 Å². The molecule has 0 aromatic heterocycles. The molecule has 2 heterocycles. The molecule has 1 saturated carbocycles. The second-order valence-corrected chi connectivity index (χ2v) is 11.2. The molecule has 4 aliphatic rings. The van der Waals surface area contributed by atoms with Crippen molar-refractivity contribution in [3.05, 3.63) is 23.8 Å². The molecule has 0 bridgehead atoms. The van der Waals surface area contributed by atoms with Crippen LogP contribution in [0.4, 0.5) is 0 Å². The smallest absolute Gasteiger partial charge is 0.312 e. The number of ether oxygens (including phenoxy) is 6. The SMILES string of the molecule is CC(=O)OCC1=C/[C@@H]2OC(=O)[C@H](C)[C@@]2(O)[C@@H](OC(C)=O)[C@H]2[C@]3(CC[C@H](OC(C)=O)[C@]2(C)[C@@H](OC(C)=O)/C=C\1)CO3. The highest BCUT2D eigenvalue weighted by Crippen LogP contribution is 2.62. The van der Waals surface area contributed by atoms with Crippen LogP contribution in [0.2, 0.25) is 0 Å². The lowest BCUT2D eigenvalue weighted by Gasteiger charge is -2.56. The van der Waals surface area contributed by atoms with Gasteiger partial charge in [-0.25, -0.2) is 0 Å². The topological polar surface area (TPSA) is 164 Å². The molecule has 2 aliphatic heterocycles. The Bertz CT molecular complexity index is 1150. The lowest BCUT2D eigenvalue weighted by molar-refractivity contribution is -0.236. The van der Waals surface area contributed by atoms with E-state index < -0.39 is 82.7 Å². The summed E-state index contributed by atoms with van der Waals surface area (Å²) in [5.41, 5.74) is -4.08. The lowest BCUT2D eigenvalue weighted by atomic mass is 9.53. The van der Waals surface area contributed by atoms with Gasteiger partial charge in [0.15, 0.2) is 11.7 Å². The van der Waals surface area contributed by atoms with Crippen LogP contribution in [0.15, 0.2) is 23.8 Å². The summed E-state index contributed by atoms with van der Waals surface area (Å²) in [7, 11) is 0. The number of hydrogen-bond donors (Lipinski definition) is 1. The normalized spacial score (nSPS) is 42.2. The van der Waals surface area contributed by atoms with Crippen molar-refractivity contribution in [2.24, 2.45) is 17.3 Å². The third kappa shape index (κ3) is 5.14. The molecule has 9 atom stereocenters. The molecule has 0 aromatic carbocycles. The van der Waals surface area contributed by atoms with Crippen molar-refractivity contribution in [1.29, 1.82) is 0 Å². The molecule has 12 nitrogen and oxygen atoms in total. The minimum absolute atomic E-state index is 0.242. The molecule has 0 unspecified atom stereocenters. The summed E-state index contributed by atoms with van der Waals surface area (Å²) in [6, 6.07) is 0. The van der Waals surface area contributed by atoms with Crippen LogP contribution in [0, 0.1) is 17.3 Å². The number of epoxide rings is 1. The molecule has 0 radical (unpaired) electrons.